The zero-order valence-corrected chi connectivity index (χ0v) is 17.6. The second-order valence-electron chi connectivity index (χ2n) is 8.06. The zero-order chi connectivity index (χ0) is 22.8. The highest BCUT2D eigenvalue weighted by Crippen LogP contribution is 2.27. The van der Waals surface area contributed by atoms with Gasteiger partial charge in [0.2, 0.25) is 5.91 Å². The Hall–Kier alpha value is -2.75. The lowest BCUT2D eigenvalue weighted by molar-refractivity contribution is -0.140. The Balaban J connectivity index is 1.81. The van der Waals surface area contributed by atoms with Crippen LogP contribution in [0.3, 0.4) is 0 Å². The number of benzene rings is 1. The van der Waals surface area contributed by atoms with Gasteiger partial charge in [-0.3, -0.25) is 14.8 Å². The fourth-order valence-corrected chi connectivity index (χ4v) is 3.66. The Bertz CT molecular complexity index is 772. The number of anilines is 1. The molecule has 1 fully saturated rings. The topological polar surface area (TPSA) is 111 Å². The van der Waals surface area contributed by atoms with Crippen LogP contribution in [-0.4, -0.2) is 47.6 Å². The number of rotatable bonds is 10. The third-order valence-corrected chi connectivity index (χ3v) is 5.40. The Morgan fingerprint density at radius 2 is 1.94 bits per heavy atom. The molecule has 10 heteroatoms. The highest BCUT2D eigenvalue weighted by Gasteiger charge is 2.22. The van der Waals surface area contributed by atoms with E-state index in [-0.39, 0.29) is 37.0 Å². The van der Waals surface area contributed by atoms with Crippen LogP contribution in [0.25, 0.3) is 0 Å². The molecule has 0 bridgehead atoms. The fourth-order valence-electron chi connectivity index (χ4n) is 3.66. The van der Waals surface area contributed by atoms with E-state index >= 15 is 0 Å². The van der Waals surface area contributed by atoms with E-state index in [1.165, 1.54) is 17.7 Å². The Labute approximate surface area is 180 Å². The van der Waals surface area contributed by atoms with Gasteiger partial charge in [0.25, 0.3) is 5.91 Å². The van der Waals surface area contributed by atoms with E-state index in [9.17, 15) is 23.2 Å². The van der Waals surface area contributed by atoms with E-state index in [0.717, 1.165) is 37.5 Å². The van der Waals surface area contributed by atoms with Gasteiger partial charge in [0.15, 0.2) is 0 Å². The summed E-state index contributed by atoms with van der Waals surface area (Å²) >= 11 is 0. The quantitative estimate of drug-likeness (QED) is 0.331. The van der Waals surface area contributed by atoms with Crippen molar-refractivity contribution in [1.82, 2.24) is 15.7 Å². The molecule has 1 aromatic carbocycles. The lowest BCUT2D eigenvalue weighted by atomic mass is 10.0. The Kier molecular flexibility index (Phi) is 9.64. The van der Waals surface area contributed by atoms with Crippen LogP contribution in [0.5, 0.6) is 0 Å². The smallest absolute Gasteiger partial charge is 0.319 e. The van der Waals surface area contributed by atoms with Crippen molar-refractivity contribution in [3.05, 3.63) is 29.8 Å². The van der Waals surface area contributed by atoms with Crippen LogP contribution < -0.4 is 16.1 Å². The SMILES string of the molecule is CC(CNC(=O)Nc1cc(F)ccc1F)CC(=O)N(CCC1CCCC1)CC(=O)NO. The van der Waals surface area contributed by atoms with Crippen LogP contribution in [0.4, 0.5) is 19.3 Å². The van der Waals surface area contributed by atoms with Gasteiger partial charge >= 0.3 is 6.03 Å². The van der Waals surface area contributed by atoms with Crippen molar-refractivity contribution in [2.45, 2.75) is 45.4 Å². The molecule has 2 rings (SSSR count). The summed E-state index contributed by atoms with van der Waals surface area (Å²) in [7, 11) is 0. The molecule has 1 atom stereocenters. The summed E-state index contributed by atoms with van der Waals surface area (Å²) in [4.78, 5) is 37.6. The summed E-state index contributed by atoms with van der Waals surface area (Å²) in [6.45, 7) is 2.07. The van der Waals surface area contributed by atoms with E-state index in [1.807, 2.05) is 0 Å². The lowest BCUT2D eigenvalue weighted by Gasteiger charge is -2.25. The van der Waals surface area contributed by atoms with Gasteiger partial charge in [-0.15, -0.1) is 0 Å². The first kappa shape index (κ1) is 24.5. The average Bonchev–Trinajstić information content (AvgIpc) is 3.25. The molecule has 1 unspecified atom stereocenters. The second-order valence-corrected chi connectivity index (χ2v) is 8.06. The first-order valence-electron chi connectivity index (χ1n) is 10.5. The maximum atomic E-state index is 13.6. The number of hydrogen-bond acceptors (Lipinski definition) is 4. The van der Waals surface area contributed by atoms with Crippen molar-refractivity contribution in [2.75, 3.05) is 25.0 Å². The molecular weight excluding hydrogens is 410 g/mol. The predicted molar refractivity (Wildman–Crippen MR) is 110 cm³/mol. The fraction of sp³-hybridized carbons (Fsp3) is 0.571. The number of carbonyl (C=O) groups excluding carboxylic acids is 3. The molecule has 0 heterocycles. The van der Waals surface area contributed by atoms with Crippen LogP contribution in [-0.2, 0) is 9.59 Å². The summed E-state index contributed by atoms with van der Waals surface area (Å²) in [6.07, 6.45) is 5.49. The number of hydrogen-bond donors (Lipinski definition) is 4. The number of urea groups is 1. The maximum absolute atomic E-state index is 13.6. The molecule has 0 aromatic heterocycles. The van der Waals surface area contributed by atoms with Gasteiger partial charge in [-0.25, -0.2) is 19.1 Å². The van der Waals surface area contributed by atoms with Crippen molar-refractivity contribution in [1.29, 1.82) is 0 Å². The van der Waals surface area contributed by atoms with E-state index in [0.29, 0.717) is 12.5 Å². The molecule has 1 aliphatic carbocycles. The van der Waals surface area contributed by atoms with Crippen molar-refractivity contribution in [2.24, 2.45) is 11.8 Å². The summed E-state index contributed by atoms with van der Waals surface area (Å²) < 4.78 is 26.8. The molecule has 4 amide bonds. The minimum atomic E-state index is -0.764. The van der Waals surface area contributed by atoms with Crippen molar-refractivity contribution in [3.63, 3.8) is 0 Å². The summed E-state index contributed by atoms with van der Waals surface area (Å²) in [6, 6.07) is 2.01. The number of halogens is 2. The van der Waals surface area contributed by atoms with Crippen molar-refractivity contribution >= 4 is 23.5 Å². The van der Waals surface area contributed by atoms with Gasteiger partial charge in [-0.05, 0) is 30.4 Å². The standard InChI is InChI=1S/C21H30F2N4O4/c1-14(12-24-21(30)25-18-11-16(22)6-7-17(18)23)10-20(29)27(13-19(28)26-31)9-8-15-4-2-3-5-15/h6-7,11,14-15,31H,2-5,8-10,12-13H2,1H3,(H,26,28)(H2,24,25,30). The minimum Gasteiger partial charge on any atom is -0.338 e. The molecule has 1 saturated carbocycles. The first-order valence-corrected chi connectivity index (χ1v) is 10.5. The molecule has 0 spiro atoms. The van der Waals surface area contributed by atoms with Gasteiger partial charge in [0.1, 0.15) is 18.2 Å². The summed E-state index contributed by atoms with van der Waals surface area (Å²) in [5.41, 5.74) is 1.26. The molecule has 0 aliphatic heterocycles. The van der Waals surface area contributed by atoms with Crippen LogP contribution >= 0.6 is 0 Å². The molecule has 4 N–H and O–H groups in total. The molecule has 8 nitrogen and oxygen atoms in total. The monoisotopic (exact) mass is 440 g/mol. The maximum Gasteiger partial charge on any atom is 0.319 e. The van der Waals surface area contributed by atoms with Gasteiger partial charge < -0.3 is 15.5 Å². The molecule has 1 aromatic rings. The van der Waals surface area contributed by atoms with Crippen LogP contribution in [0.15, 0.2) is 18.2 Å². The number of nitrogens with zero attached hydrogens (tertiary/aromatic N) is 1. The Morgan fingerprint density at radius 1 is 1.23 bits per heavy atom. The van der Waals surface area contributed by atoms with E-state index in [1.54, 1.807) is 12.4 Å². The largest absolute Gasteiger partial charge is 0.338 e. The summed E-state index contributed by atoms with van der Waals surface area (Å²) in [5.74, 6) is -2.09. The van der Waals surface area contributed by atoms with Gasteiger partial charge in [-0.2, -0.15) is 0 Å². The van der Waals surface area contributed by atoms with Gasteiger partial charge in [0, 0.05) is 25.6 Å². The molecular formula is C21H30F2N4O4. The van der Waals surface area contributed by atoms with E-state index in [4.69, 9.17) is 5.21 Å². The number of hydroxylamine groups is 1. The lowest BCUT2D eigenvalue weighted by Crippen LogP contribution is -2.42. The highest BCUT2D eigenvalue weighted by molar-refractivity contribution is 5.89. The number of nitrogens with one attached hydrogen (secondary N) is 3. The van der Waals surface area contributed by atoms with Gasteiger partial charge in [0.05, 0.1) is 5.69 Å². The van der Waals surface area contributed by atoms with Crippen LogP contribution in [0.2, 0.25) is 0 Å². The third kappa shape index (κ3) is 8.49. The van der Waals surface area contributed by atoms with E-state index < -0.39 is 23.6 Å². The number of amides is 4. The highest BCUT2D eigenvalue weighted by atomic mass is 19.1. The van der Waals surface area contributed by atoms with Gasteiger partial charge in [-0.1, -0.05) is 32.6 Å². The molecule has 172 valence electrons. The molecule has 31 heavy (non-hydrogen) atoms. The van der Waals surface area contributed by atoms with Crippen molar-refractivity contribution < 1.29 is 28.4 Å². The Morgan fingerprint density at radius 3 is 2.61 bits per heavy atom. The predicted octanol–water partition coefficient (Wildman–Crippen LogP) is 3.03. The minimum absolute atomic E-state index is 0.0813. The molecule has 0 saturated heterocycles. The van der Waals surface area contributed by atoms with Crippen LogP contribution in [0, 0.1) is 23.5 Å². The zero-order valence-electron chi connectivity index (χ0n) is 17.6. The average molecular weight is 440 g/mol. The van der Waals surface area contributed by atoms with Crippen molar-refractivity contribution in [3.8, 4) is 0 Å². The van der Waals surface area contributed by atoms with Crippen LogP contribution in [0.1, 0.15) is 45.4 Å². The summed E-state index contributed by atoms with van der Waals surface area (Å²) in [5, 5.41) is 13.5. The molecule has 1 aliphatic rings. The second kappa shape index (κ2) is 12.2. The third-order valence-electron chi connectivity index (χ3n) is 5.40. The molecule has 0 radical (unpaired) electrons. The number of carbonyl (C=O) groups is 3. The van der Waals surface area contributed by atoms with E-state index in [2.05, 4.69) is 10.6 Å². The normalized spacial score (nSPS) is 14.7. The first-order chi connectivity index (χ1) is 14.8.